The SMILES string of the molecule is COC(=O)C1CC(O)CN1CC(=O)Nc1ccccc1Cl. The van der Waals surface area contributed by atoms with Crippen molar-refractivity contribution in [3.05, 3.63) is 29.3 Å². The first-order valence-corrected chi connectivity index (χ1v) is 6.93. The summed E-state index contributed by atoms with van der Waals surface area (Å²) < 4.78 is 4.69. The van der Waals surface area contributed by atoms with E-state index in [1.807, 2.05) is 0 Å². The number of carbonyl (C=O) groups is 2. The number of para-hydroxylation sites is 1. The Hall–Kier alpha value is -1.63. The van der Waals surface area contributed by atoms with Gasteiger partial charge in [-0.25, -0.2) is 0 Å². The van der Waals surface area contributed by atoms with Gasteiger partial charge in [0.1, 0.15) is 6.04 Å². The van der Waals surface area contributed by atoms with Gasteiger partial charge in [-0.15, -0.1) is 0 Å². The average Bonchev–Trinajstić information content (AvgIpc) is 2.81. The monoisotopic (exact) mass is 312 g/mol. The molecule has 1 saturated heterocycles. The Kier molecular flexibility index (Phi) is 5.17. The Morgan fingerprint density at radius 2 is 2.19 bits per heavy atom. The van der Waals surface area contributed by atoms with E-state index in [-0.39, 0.29) is 25.4 Å². The summed E-state index contributed by atoms with van der Waals surface area (Å²) in [6.07, 6.45) is -0.367. The zero-order valence-electron chi connectivity index (χ0n) is 11.6. The highest BCUT2D eigenvalue weighted by molar-refractivity contribution is 6.33. The average molecular weight is 313 g/mol. The fourth-order valence-electron chi connectivity index (χ4n) is 2.37. The summed E-state index contributed by atoms with van der Waals surface area (Å²) >= 11 is 5.97. The maximum Gasteiger partial charge on any atom is 0.323 e. The number of hydrogen-bond donors (Lipinski definition) is 2. The number of nitrogens with one attached hydrogen (secondary N) is 1. The Morgan fingerprint density at radius 1 is 1.48 bits per heavy atom. The molecule has 0 aliphatic carbocycles. The molecule has 2 atom stereocenters. The molecule has 1 aliphatic heterocycles. The minimum absolute atomic E-state index is 0.0119. The van der Waals surface area contributed by atoms with Crippen LogP contribution in [0, 0.1) is 0 Å². The van der Waals surface area contributed by atoms with Gasteiger partial charge in [-0.2, -0.15) is 0 Å². The highest BCUT2D eigenvalue weighted by Gasteiger charge is 2.37. The topological polar surface area (TPSA) is 78.9 Å². The maximum atomic E-state index is 12.0. The standard InChI is InChI=1S/C14H17ClN2O4/c1-21-14(20)12-6-9(18)7-17(12)8-13(19)16-11-5-3-2-4-10(11)15/h2-5,9,12,18H,6-8H2,1H3,(H,16,19). The van der Waals surface area contributed by atoms with Crippen molar-refractivity contribution in [2.75, 3.05) is 25.5 Å². The second-order valence-electron chi connectivity index (χ2n) is 4.89. The highest BCUT2D eigenvalue weighted by Crippen LogP contribution is 2.22. The van der Waals surface area contributed by atoms with Crippen molar-refractivity contribution < 1.29 is 19.4 Å². The minimum Gasteiger partial charge on any atom is -0.468 e. The molecule has 1 heterocycles. The van der Waals surface area contributed by atoms with E-state index in [0.29, 0.717) is 10.7 Å². The minimum atomic E-state index is -0.637. The van der Waals surface area contributed by atoms with E-state index in [0.717, 1.165) is 0 Å². The van der Waals surface area contributed by atoms with Crippen LogP contribution in [0.4, 0.5) is 5.69 Å². The third-order valence-electron chi connectivity index (χ3n) is 3.35. The molecule has 114 valence electrons. The summed E-state index contributed by atoms with van der Waals surface area (Å²) in [7, 11) is 1.29. The number of halogens is 1. The molecule has 1 fully saturated rings. The van der Waals surface area contributed by atoms with Gasteiger partial charge in [0.15, 0.2) is 0 Å². The number of likely N-dealkylation sites (tertiary alicyclic amines) is 1. The summed E-state index contributed by atoms with van der Waals surface area (Å²) in [6, 6.07) is 6.30. The number of nitrogens with zero attached hydrogens (tertiary/aromatic N) is 1. The zero-order valence-corrected chi connectivity index (χ0v) is 12.3. The van der Waals surface area contributed by atoms with Crippen molar-refractivity contribution in [3.8, 4) is 0 Å². The Bertz CT molecular complexity index is 537. The zero-order chi connectivity index (χ0) is 15.4. The maximum absolute atomic E-state index is 12.0. The molecule has 0 aromatic heterocycles. The molecule has 0 saturated carbocycles. The summed E-state index contributed by atoms with van der Waals surface area (Å²) in [5.41, 5.74) is 0.513. The number of aliphatic hydroxyl groups excluding tert-OH is 1. The second kappa shape index (κ2) is 6.89. The number of aliphatic hydroxyl groups is 1. The summed E-state index contributed by atoms with van der Waals surface area (Å²) in [4.78, 5) is 25.3. The quantitative estimate of drug-likeness (QED) is 0.807. The lowest BCUT2D eigenvalue weighted by Gasteiger charge is -2.21. The molecular weight excluding hydrogens is 296 g/mol. The van der Waals surface area contributed by atoms with E-state index in [1.54, 1.807) is 29.2 Å². The Morgan fingerprint density at radius 3 is 2.86 bits per heavy atom. The van der Waals surface area contributed by atoms with Crippen LogP contribution in [0.1, 0.15) is 6.42 Å². The number of ether oxygens (including phenoxy) is 1. The molecule has 1 amide bonds. The van der Waals surface area contributed by atoms with Gasteiger partial charge in [-0.3, -0.25) is 14.5 Å². The van der Waals surface area contributed by atoms with Gasteiger partial charge in [0.2, 0.25) is 5.91 Å². The van der Waals surface area contributed by atoms with Crippen LogP contribution in [-0.2, 0) is 14.3 Å². The Labute approximate surface area is 127 Å². The van der Waals surface area contributed by atoms with Gasteiger partial charge >= 0.3 is 5.97 Å². The lowest BCUT2D eigenvalue weighted by atomic mass is 10.2. The van der Waals surface area contributed by atoms with Gasteiger partial charge in [-0.1, -0.05) is 23.7 Å². The third kappa shape index (κ3) is 3.93. The van der Waals surface area contributed by atoms with Crippen molar-refractivity contribution in [3.63, 3.8) is 0 Å². The fraction of sp³-hybridized carbons (Fsp3) is 0.429. The molecule has 1 aliphatic rings. The molecule has 21 heavy (non-hydrogen) atoms. The molecule has 0 radical (unpaired) electrons. The first-order chi connectivity index (χ1) is 10.0. The summed E-state index contributed by atoms with van der Waals surface area (Å²) in [5.74, 6) is -0.747. The molecule has 0 spiro atoms. The van der Waals surface area contributed by atoms with Crippen LogP contribution in [0.15, 0.2) is 24.3 Å². The molecular formula is C14H17ClN2O4. The van der Waals surface area contributed by atoms with E-state index in [9.17, 15) is 14.7 Å². The molecule has 2 N–H and O–H groups in total. The number of anilines is 1. The van der Waals surface area contributed by atoms with E-state index >= 15 is 0 Å². The first kappa shape index (κ1) is 15.8. The van der Waals surface area contributed by atoms with E-state index in [1.165, 1.54) is 7.11 Å². The van der Waals surface area contributed by atoms with Crippen molar-refractivity contribution in [1.82, 2.24) is 4.90 Å². The van der Waals surface area contributed by atoms with Gasteiger partial charge in [0.25, 0.3) is 0 Å². The fourth-order valence-corrected chi connectivity index (χ4v) is 2.56. The number of hydrogen-bond acceptors (Lipinski definition) is 5. The van der Waals surface area contributed by atoms with Crippen molar-refractivity contribution >= 4 is 29.2 Å². The van der Waals surface area contributed by atoms with Crippen LogP contribution in [0.2, 0.25) is 5.02 Å². The van der Waals surface area contributed by atoms with Crippen molar-refractivity contribution in [1.29, 1.82) is 0 Å². The van der Waals surface area contributed by atoms with Crippen LogP contribution >= 0.6 is 11.6 Å². The molecule has 2 unspecified atom stereocenters. The second-order valence-corrected chi connectivity index (χ2v) is 5.29. The number of benzene rings is 1. The molecule has 2 rings (SSSR count). The number of amides is 1. The number of esters is 1. The summed E-state index contributed by atoms with van der Waals surface area (Å²) in [5, 5.41) is 12.8. The largest absolute Gasteiger partial charge is 0.468 e. The smallest absolute Gasteiger partial charge is 0.323 e. The van der Waals surface area contributed by atoms with Crippen LogP contribution in [0.25, 0.3) is 0 Å². The predicted molar refractivity (Wildman–Crippen MR) is 78.1 cm³/mol. The highest BCUT2D eigenvalue weighted by atomic mass is 35.5. The molecule has 1 aromatic carbocycles. The lowest BCUT2D eigenvalue weighted by molar-refractivity contribution is -0.146. The number of carbonyl (C=O) groups excluding carboxylic acids is 2. The van der Waals surface area contributed by atoms with Crippen LogP contribution in [0.5, 0.6) is 0 Å². The number of β-amino-alcohol motifs (C(OH)–C–C–N with tert-alkyl or cyclic N) is 1. The van der Waals surface area contributed by atoms with Gasteiger partial charge in [0.05, 0.1) is 30.5 Å². The normalized spacial score (nSPS) is 22.0. The van der Waals surface area contributed by atoms with E-state index < -0.39 is 18.1 Å². The van der Waals surface area contributed by atoms with Gasteiger partial charge < -0.3 is 15.2 Å². The lowest BCUT2D eigenvalue weighted by Crippen LogP contribution is -2.41. The molecule has 1 aromatic rings. The molecule has 0 bridgehead atoms. The van der Waals surface area contributed by atoms with E-state index in [4.69, 9.17) is 11.6 Å². The van der Waals surface area contributed by atoms with Gasteiger partial charge in [0, 0.05) is 13.0 Å². The van der Waals surface area contributed by atoms with Crippen LogP contribution in [0.3, 0.4) is 0 Å². The third-order valence-corrected chi connectivity index (χ3v) is 3.68. The summed E-state index contributed by atoms with van der Waals surface area (Å²) in [6.45, 7) is 0.248. The first-order valence-electron chi connectivity index (χ1n) is 6.55. The van der Waals surface area contributed by atoms with Crippen LogP contribution in [-0.4, -0.2) is 54.2 Å². The van der Waals surface area contributed by atoms with Crippen molar-refractivity contribution in [2.45, 2.75) is 18.6 Å². The predicted octanol–water partition coefficient (Wildman–Crippen LogP) is 0.887. The molecule has 7 heteroatoms. The van der Waals surface area contributed by atoms with Crippen molar-refractivity contribution in [2.24, 2.45) is 0 Å². The molecule has 6 nitrogen and oxygen atoms in total. The Balaban J connectivity index is 1.98. The van der Waals surface area contributed by atoms with E-state index in [2.05, 4.69) is 10.1 Å². The van der Waals surface area contributed by atoms with Gasteiger partial charge in [-0.05, 0) is 12.1 Å². The number of methoxy groups -OCH3 is 1. The van der Waals surface area contributed by atoms with Crippen LogP contribution < -0.4 is 5.32 Å². The number of rotatable bonds is 4.